The topological polar surface area (TPSA) is 153 Å². The second-order valence-corrected chi connectivity index (χ2v) is 28.3. The molecule has 2 aliphatic heterocycles. The summed E-state index contributed by atoms with van der Waals surface area (Å²) in [6.45, 7) is 21.8. The quantitative estimate of drug-likeness (QED) is 0.122. The van der Waals surface area contributed by atoms with Crippen LogP contribution in [-0.2, 0) is 26.2 Å². The summed E-state index contributed by atoms with van der Waals surface area (Å²) in [7, 11) is 2.94. The van der Waals surface area contributed by atoms with Crippen molar-refractivity contribution in [1.29, 1.82) is 0 Å². The zero-order chi connectivity index (χ0) is 60.2. The van der Waals surface area contributed by atoms with Crippen molar-refractivity contribution in [3.8, 4) is 5.69 Å². The predicted octanol–water partition coefficient (Wildman–Crippen LogP) is 11.2. The molecule has 13 aliphatic rings. The molecule has 4 heterocycles. The van der Waals surface area contributed by atoms with E-state index in [1.807, 2.05) is 19.1 Å². The predicted molar refractivity (Wildman–Crippen MR) is 333 cm³/mol. The Morgan fingerprint density at radius 2 is 0.670 bits per heavy atom. The molecule has 2 saturated heterocycles. The second-order valence-electron chi connectivity index (χ2n) is 28.3. The summed E-state index contributed by atoms with van der Waals surface area (Å²) in [5.74, 6) is -0.370. The molecule has 6 bridgehead atoms. The number of hydrogen-bond acceptors (Lipinski definition) is 8. The van der Waals surface area contributed by atoms with Gasteiger partial charge >= 0.3 is 0 Å². The fourth-order valence-corrected chi connectivity index (χ4v) is 21.0. The van der Waals surface area contributed by atoms with Gasteiger partial charge in [-0.25, -0.2) is 9.47 Å². The minimum absolute atomic E-state index is 0. The largest absolute Gasteiger partial charge is 0.285 e. The van der Waals surface area contributed by atoms with E-state index >= 15 is 0 Å². The van der Waals surface area contributed by atoms with Crippen LogP contribution in [0.15, 0.2) is 67.7 Å². The van der Waals surface area contributed by atoms with Gasteiger partial charge in [0.25, 0.3) is 22.2 Å². The van der Waals surface area contributed by atoms with Crippen molar-refractivity contribution in [3.63, 3.8) is 0 Å². The first-order valence-corrected chi connectivity index (χ1v) is 31.8. The van der Waals surface area contributed by atoms with Gasteiger partial charge in [0, 0.05) is 125 Å². The van der Waals surface area contributed by atoms with Crippen molar-refractivity contribution in [1.82, 2.24) is 14.0 Å². The molecule has 7 aromatic rings. The van der Waals surface area contributed by atoms with Gasteiger partial charge in [0.15, 0.2) is 0 Å². The number of fused-ring (bicyclic) bond motifs is 2. The van der Waals surface area contributed by atoms with E-state index in [9.17, 15) is 38.4 Å². The molecule has 14 heteroatoms. The Labute approximate surface area is 572 Å². The molecule has 0 N–H and O–H groups in total. The standard InChI is InChI=1S/C38H40N2O4.C36H34N2O4.2Ar/c1-15-13-24-26(18(4)17(15)3)29-21-10-8-7-9-20(21)28(24)25-14-16(2)34(19(5)27(25)29)40-37(43)32-22-11-12-23(33(32)38(40)44)31-30(22)35(41)39(6)36(31)42;1-15-11-26-28(18(4)17(15)3)31-21-10-8-7-9-20(21)30(26)27-12-16(2)32(19(5)29(27)31)38-35(41)24-13-22-23(14-25(24)36(38)42)34(40)37(6)33(22)39;;/h11-14,20-23,28-33H,7-10H2,1-6H3;11-14,20-21,30-31H,7-10H2,1-6H3;;. The molecule has 88 heavy (non-hydrogen) atoms. The maximum absolute atomic E-state index is 14.5. The Morgan fingerprint density at radius 3 is 1.07 bits per heavy atom. The van der Waals surface area contributed by atoms with Crippen LogP contribution in [0.4, 0.5) is 5.69 Å². The average molecular weight is 1230 g/mol. The third-order valence-corrected chi connectivity index (χ3v) is 24.9. The molecule has 5 fully saturated rings. The minimum Gasteiger partial charge on any atom is -0.285 e. The van der Waals surface area contributed by atoms with Crippen molar-refractivity contribution < 1.29 is 94.7 Å². The normalized spacial score (nSPS) is 29.5. The number of carbonyl (C=O) groups excluding carboxylic acids is 4. The molecule has 14 atom stereocenters. The summed E-state index contributed by atoms with van der Waals surface area (Å²) >= 11 is 0. The fourth-order valence-electron chi connectivity index (χ4n) is 21.0. The fraction of sp³-hybridized carbons (Fsp3) is 0.459. The maximum atomic E-state index is 14.5. The van der Waals surface area contributed by atoms with Crippen molar-refractivity contribution in [3.05, 3.63) is 190 Å². The van der Waals surface area contributed by atoms with Crippen LogP contribution in [0, 0.1) is 204 Å². The number of likely N-dealkylation sites (tertiary alicyclic amines) is 1. The van der Waals surface area contributed by atoms with Crippen LogP contribution in [0.2, 0.25) is 0 Å². The zero-order valence-electron chi connectivity index (χ0n) is 52.1. The van der Waals surface area contributed by atoms with Crippen LogP contribution >= 0.6 is 0 Å². The number of hydrogen-bond donors (Lipinski definition) is 0. The Balaban J connectivity index is 0.000000151. The van der Waals surface area contributed by atoms with E-state index in [4.69, 9.17) is 0 Å². The third-order valence-electron chi connectivity index (χ3n) is 24.9. The first kappa shape index (κ1) is 60.5. The van der Waals surface area contributed by atoms with E-state index in [1.165, 1.54) is 170 Å². The van der Waals surface area contributed by atoms with Gasteiger partial charge in [-0.3, -0.25) is 47.8 Å². The monoisotopic (exact) mass is 1230 g/mol. The van der Waals surface area contributed by atoms with Gasteiger partial charge in [-0.05, 0) is 231 Å². The summed E-state index contributed by atoms with van der Waals surface area (Å²) in [5.41, 5.74) is 23.1. The number of benzene rings is 5. The molecule has 5 aromatic carbocycles. The van der Waals surface area contributed by atoms with E-state index < -0.39 is 57.7 Å². The molecule has 454 valence electrons. The maximum Gasteiger partial charge on any atom is 0.266 e. The summed E-state index contributed by atoms with van der Waals surface area (Å²) in [6.07, 6.45) is 13.9. The van der Waals surface area contributed by atoms with Crippen LogP contribution < -0.4 is 27.1 Å². The number of rotatable bonds is 2. The van der Waals surface area contributed by atoms with Crippen LogP contribution in [0.25, 0.3) is 27.2 Å². The Hall–Kier alpha value is -5.08. The molecule has 12 nitrogen and oxygen atoms in total. The number of imide groups is 2. The van der Waals surface area contributed by atoms with Crippen LogP contribution in [0.5, 0.6) is 0 Å². The van der Waals surface area contributed by atoms with Gasteiger partial charge in [0.2, 0.25) is 23.6 Å². The summed E-state index contributed by atoms with van der Waals surface area (Å²) < 4.78 is 2.33. The number of aromatic nitrogens is 2. The molecule has 3 saturated carbocycles. The Kier molecular flexibility index (Phi) is 14.2. The van der Waals surface area contributed by atoms with E-state index in [-0.39, 0.29) is 132 Å². The smallest absolute Gasteiger partial charge is 0.266 e. The molecule has 0 radical (unpaired) electrons. The first-order chi connectivity index (χ1) is 41.1. The van der Waals surface area contributed by atoms with E-state index in [1.54, 1.807) is 0 Å². The third kappa shape index (κ3) is 7.53. The minimum atomic E-state index is -0.593. The summed E-state index contributed by atoms with van der Waals surface area (Å²) in [5, 5.41) is 0.740. The number of nitrogens with zero attached hydrogens (tertiary/aromatic N) is 4. The van der Waals surface area contributed by atoms with Crippen molar-refractivity contribution in [2.45, 2.75) is 144 Å². The van der Waals surface area contributed by atoms with Gasteiger partial charge in [-0.15, -0.1) is 0 Å². The van der Waals surface area contributed by atoms with Gasteiger partial charge in [-0.1, -0.05) is 62.1 Å². The van der Waals surface area contributed by atoms with Crippen LogP contribution in [0.1, 0.15) is 175 Å². The van der Waals surface area contributed by atoms with Gasteiger partial charge < -0.3 is 0 Å². The number of carbonyl (C=O) groups is 4. The molecular weight excluding hydrogens is 1150 g/mol. The van der Waals surface area contributed by atoms with Crippen molar-refractivity contribution in [2.24, 2.45) is 66.2 Å². The van der Waals surface area contributed by atoms with Gasteiger partial charge in [0.05, 0.1) is 56.6 Å². The molecule has 20 rings (SSSR count). The number of allylic oxidation sites excluding steroid dienone is 2. The molecule has 2 aromatic heterocycles. The summed E-state index contributed by atoms with van der Waals surface area (Å²) in [4.78, 5) is 111. The van der Waals surface area contributed by atoms with Crippen molar-refractivity contribution in [2.75, 3.05) is 11.9 Å². The number of amides is 4. The molecule has 0 spiro atoms. The van der Waals surface area contributed by atoms with Crippen molar-refractivity contribution >= 4 is 50.9 Å². The summed E-state index contributed by atoms with van der Waals surface area (Å²) in [6, 6.07) is 12.3. The molecule has 11 aliphatic carbocycles. The first-order valence-electron chi connectivity index (χ1n) is 31.8. The SMILES string of the molecule is Cc1cc2c(c(C)c1C)C1c3c(cc(C)c(-n4c(=O)c5cc6c(=O)n(C)c(=O)c6cc5c4=O)c3C)C2C2CCCCC12.Cc1cc2c(c(C)c1C)C1c3c(cc(C)c(N4C(=O)C5C6C=CC(C7C(=O)N(C)C(=O)C67)C5C4=O)c3C)C2C2CCCCC12.[Ar].[Ar]. The average Bonchev–Trinajstić information content (AvgIpc) is 0.862. The second kappa shape index (κ2) is 20.7. The van der Waals surface area contributed by atoms with E-state index in [2.05, 4.69) is 86.6 Å². The van der Waals surface area contributed by atoms with E-state index in [0.717, 1.165) is 32.5 Å². The van der Waals surface area contributed by atoms with Gasteiger partial charge in [0.1, 0.15) is 0 Å². The Morgan fingerprint density at radius 1 is 0.352 bits per heavy atom. The number of anilines is 1. The van der Waals surface area contributed by atoms with Gasteiger partial charge in [-0.2, -0.15) is 0 Å². The molecule has 14 unspecified atom stereocenters. The zero-order valence-corrected chi connectivity index (χ0v) is 53.5. The number of aryl methyl sites for hydroxylation is 4. The molecule has 4 amide bonds. The Bertz CT molecular complexity index is 4540. The molecular formula is C74H74Ar2N4O8. The van der Waals surface area contributed by atoms with Crippen LogP contribution in [-0.4, -0.2) is 44.7 Å². The van der Waals surface area contributed by atoms with Crippen LogP contribution in [0.3, 0.4) is 0 Å². The van der Waals surface area contributed by atoms with E-state index in [0.29, 0.717) is 41.2 Å².